The van der Waals surface area contributed by atoms with Crippen LogP contribution in [0.15, 0.2) is 48.7 Å². The fourth-order valence-corrected chi connectivity index (χ4v) is 4.30. The monoisotopic (exact) mass is 420 g/mol. The molecule has 2 aromatic rings. The number of benzene rings is 1. The van der Waals surface area contributed by atoms with Gasteiger partial charge in [-0.3, -0.25) is 19.5 Å². The van der Waals surface area contributed by atoms with Crippen LogP contribution >= 0.6 is 0 Å². The summed E-state index contributed by atoms with van der Waals surface area (Å²) in [7, 11) is 0. The van der Waals surface area contributed by atoms with Gasteiger partial charge in [-0.2, -0.15) is 0 Å². The fraction of sp³-hybridized carbons (Fsp3) is 0.417. The summed E-state index contributed by atoms with van der Waals surface area (Å²) in [5, 5.41) is 3.25. The first-order chi connectivity index (χ1) is 15.0. The lowest BCUT2D eigenvalue weighted by Gasteiger charge is -2.46. The minimum Gasteiger partial charge on any atom is -0.311 e. The van der Waals surface area contributed by atoms with Crippen LogP contribution in [0.1, 0.15) is 54.2 Å². The molecule has 0 bridgehead atoms. The van der Waals surface area contributed by atoms with Gasteiger partial charge in [-0.25, -0.2) is 4.79 Å². The summed E-state index contributed by atoms with van der Waals surface area (Å²) in [6.07, 6.45) is 3.19. The number of aromatic nitrogens is 1. The molecule has 2 atom stereocenters. The first kappa shape index (κ1) is 21.2. The van der Waals surface area contributed by atoms with Crippen molar-refractivity contribution in [2.24, 2.45) is 0 Å². The minimum absolute atomic E-state index is 0.0469. The number of carbonyl (C=O) groups excluding carboxylic acids is 3. The van der Waals surface area contributed by atoms with Gasteiger partial charge >= 0.3 is 6.03 Å². The Bertz CT molecular complexity index is 959. The van der Waals surface area contributed by atoms with Crippen molar-refractivity contribution in [3.8, 4) is 0 Å². The number of carbonyl (C=O) groups is 3. The van der Waals surface area contributed by atoms with E-state index >= 15 is 0 Å². The number of pyridine rings is 1. The van der Waals surface area contributed by atoms with E-state index in [-0.39, 0.29) is 30.8 Å². The second-order valence-corrected chi connectivity index (χ2v) is 8.50. The van der Waals surface area contributed by atoms with E-state index in [1.807, 2.05) is 30.3 Å². The van der Waals surface area contributed by atoms with E-state index in [9.17, 15) is 14.4 Å². The zero-order valence-corrected chi connectivity index (χ0v) is 18.0. The van der Waals surface area contributed by atoms with Crippen LogP contribution in [0.3, 0.4) is 0 Å². The summed E-state index contributed by atoms with van der Waals surface area (Å²) < 4.78 is 0. The van der Waals surface area contributed by atoms with Gasteiger partial charge in [0, 0.05) is 11.8 Å². The fourth-order valence-electron chi connectivity index (χ4n) is 4.30. The quantitative estimate of drug-likeness (QED) is 0.727. The Morgan fingerprint density at radius 3 is 2.61 bits per heavy atom. The number of Topliss-reactive ketones (excluding diaryl/α,β-unsaturated/α-hetero) is 1. The van der Waals surface area contributed by atoms with Crippen molar-refractivity contribution < 1.29 is 14.4 Å². The minimum atomic E-state index is -0.494. The Hall–Kier alpha value is -3.06. The van der Waals surface area contributed by atoms with Crippen LogP contribution in [0.5, 0.6) is 0 Å². The van der Waals surface area contributed by atoms with Gasteiger partial charge in [0.15, 0.2) is 5.78 Å². The van der Waals surface area contributed by atoms with E-state index in [2.05, 4.69) is 24.1 Å². The van der Waals surface area contributed by atoms with Crippen molar-refractivity contribution in [2.45, 2.75) is 51.2 Å². The number of imide groups is 1. The van der Waals surface area contributed by atoms with Crippen LogP contribution in [0.25, 0.3) is 0 Å². The number of hydrogen-bond donors (Lipinski definition) is 1. The zero-order valence-electron chi connectivity index (χ0n) is 18.0. The molecule has 2 aliphatic heterocycles. The Morgan fingerprint density at radius 1 is 1.16 bits per heavy atom. The van der Waals surface area contributed by atoms with E-state index in [0.29, 0.717) is 23.6 Å². The number of piperidine rings is 1. The third-order valence-corrected chi connectivity index (χ3v) is 6.09. The highest BCUT2D eigenvalue weighted by molar-refractivity contribution is 6.04. The largest absolute Gasteiger partial charge is 0.327 e. The Kier molecular flexibility index (Phi) is 6.13. The summed E-state index contributed by atoms with van der Waals surface area (Å²) >= 11 is 0. The predicted molar refractivity (Wildman–Crippen MR) is 117 cm³/mol. The van der Waals surface area contributed by atoms with Gasteiger partial charge in [-0.1, -0.05) is 44.2 Å². The molecule has 2 unspecified atom stereocenters. The highest BCUT2D eigenvalue weighted by atomic mass is 16.2. The second-order valence-electron chi connectivity index (χ2n) is 8.50. The SMILES string of the molecule is CC(C)c1ccc(C(=O)CN2C(=O)N(Cc3ccccn3)C(=O)C3NCCCC32)cc1. The summed E-state index contributed by atoms with van der Waals surface area (Å²) in [5.74, 6) is 0.0125. The second kappa shape index (κ2) is 8.98. The predicted octanol–water partition coefficient (Wildman–Crippen LogP) is 2.97. The maximum atomic E-state index is 13.3. The molecule has 31 heavy (non-hydrogen) atoms. The number of nitrogens with zero attached hydrogens (tertiary/aromatic N) is 3. The lowest BCUT2D eigenvalue weighted by atomic mass is 9.92. The Labute approximate surface area is 182 Å². The van der Waals surface area contributed by atoms with Gasteiger partial charge in [-0.05, 0) is 43.0 Å². The molecule has 7 heteroatoms. The van der Waals surface area contributed by atoms with Crippen LogP contribution in [0.2, 0.25) is 0 Å². The number of ketones is 1. The highest BCUT2D eigenvalue weighted by Crippen LogP contribution is 2.26. The normalized spacial score (nSPS) is 21.4. The van der Waals surface area contributed by atoms with Gasteiger partial charge in [0.1, 0.15) is 6.04 Å². The van der Waals surface area contributed by atoms with Gasteiger partial charge in [0.05, 0.1) is 24.8 Å². The number of rotatable bonds is 6. The molecule has 3 amide bonds. The van der Waals surface area contributed by atoms with E-state index in [0.717, 1.165) is 18.5 Å². The molecule has 0 aliphatic carbocycles. The Balaban J connectivity index is 1.57. The van der Waals surface area contributed by atoms with Crippen LogP contribution in [0.4, 0.5) is 4.79 Å². The molecule has 2 aliphatic rings. The molecule has 0 spiro atoms. The molecule has 1 N–H and O–H groups in total. The summed E-state index contributed by atoms with van der Waals surface area (Å²) in [4.78, 5) is 46.5. The molecule has 0 saturated carbocycles. The number of hydrogen-bond acceptors (Lipinski definition) is 5. The maximum Gasteiger partial charge on any atom is 0.327 e. The molecule has 2 fully saturated rings. The van der Waals surface area contributed by atoms with Crippen LogP contribution < -0.4 is 5.32 Å². The van der Waals surface area contributed by atoms with Crippen molar-refractivity contribution in [3.05, 3.63) is 65.5 Å². The highest BCUT2D eigenvalue weighted by Gasteiger charge is 2.47. The van der Waals surface area contributed by atoms with Crippen molar-refractivity contribution in [1.29, 1.82) is 0 Å². The average Bonchev–Trinajstić information content (AvgIpc) is 2.80. The van der Waals surface area contributed by atoms with E-state index < -0.39 is 12.1 Å². The van der Waals surface area contributed by atoms with Crippen molar-refractivity contribution in [1.82, 2.24) is 20.1 Å². The number of urea groups is 1. The van der Waals surface area contributed by atoms with Gasteiger partial charge in [0.2, 0.25) is 5.91 Å². The summed E-state index contributed by atoms with van der Waals surface area (Å²) in [5.41, 5.74) is 2.37. The molecule has 3 heterocycles. The number of nitrogens with one attached hydrogen (secondary N) is 1. The first-order valence-corrected chi connectivity index (χ1v) is 10.8. The maximum absolute atomic E-state index is 13.3. The van der Waals surface area contributed by atoms with Crippen LogP contribution in [-0.2, 0) is 11.3 Å². The summed E-state index contributed by atoms with van der Waals surface area (Å²) in [6, 6.07) is 11.7. The third kappa shape index (κ3) is 4.37. The van der Waals surface area contributed by atoms with E-state index in [1.54, 1.807) is 23.2 Å². The third-order valence-electron chi connectivity index (χ3n) is 6.09. The van der Waals surface area contributed by atoms with Gasteiger partial charge in [0.25, 0.3) is 0 Å². The lowest BCUT2D eigenvalue weighted by molar-refractivity contribution is -0.137. The zero-order chi connectivity index (χ0) is 22.0. The molecule has 1 aromatic heterocycles. The Morgan fingerprint density at radius 2 is 1.94 bits per heavy atom. The van der Waals surface area contributed by atoms with Crippen molar-refractivity contribution >= 4 is 17.7 Å². The molecular weight excluding hydrogens is 392 g/mol. The molecular formula is C24H28N4O3. The molecule has 1 aromatic carbocycles. The smallest absolute Gasteiger partial charge is 0.311 e. The van der Waals surface area contributed by atoms with Crippen molar-refractivity contribution in [2.75, 3.05) is 13.1 Å². The van der Waals surface area contributed by atoms with E-state index in [1.165, 1.54) is 4.90 Å². The number of amides is 3. The molecule has 2 saturated heterocycles. The number of fused-ring (bicyclic) bond motifs is 1. The topological polar surface area (TPSA) is 82.6 Å². The van der Waals surface area contributed by atoms with Crippen molar-refractivity contribution in [3.63, 3.8) is 0 Å². The molecule has 4 rings (SSSR count). The average molecular weight is 421 g/mol. The van der Waals surface area contributed by atoms with Gasteiger partial charge in [-0.15, -0.1) is 0 Å². The molecule has 7 nitrogen and oxygen atoms in total. The van der Waals surface area contributed by atoms with Crippen LogP contribution in [0, 0.1) is 0 Å². The van der Waals surface area contributed by atoms with E-state index in [4.69, 9.17) is 0 Å². The van der Waals surface area contributed by atoms with Crippen LogP contribution in [-0.4, -0.2) is 57.7 Å². The molecule has 0 radical (unpaired) electrons. The first-order valence-electron chi connectivity index (χ1n) is 10.8. The standard InChI is InChI=1S/C24H28N4O3/c1-16(2)17-8-10-18(11-9-17)21(29)15-27-20-7-5-13-26-22(20)23(30)28(24(27)31)14-19-6-3-4-12-25-19/h3-4,6,8-12,16,20,22,26H,5,7,13-15H2,1-2H3. The summed E-state index contributed by atoms with van der Waals surface area (Å²) in [6.45, 7) is 4.97. The molecule has 162 valence electrons. The lowest BCUT2D eigenvalue weighted by Crippen LogP contribution is -2.69. The van der Waals surface area contributed by atoms with Gasteiger partial charge < -0.3 is 10.2 Å².